The summed E-state index contributed by atoms with van der Waals surface area (Å²) in [6.45, 7) is 2.98. The van der Waals surface area contributed by atoms with Gasteiger partial charge in [-0.25, -0.2) is 4.79 Å². The lowest BCUT2D eigenvalue weighted by atomic mass is 9.96. The van der Waals surface area contributed by atoms with Crippen molar-refractivity contribution in [2.75, 3.05) is 23.4 Å². The maximum absolute atomic E-state index is 13.1. The number of hydrogen-bond donors (Lipinski definition) is 2. The van der Waals surface area contributed by atoms with Gasteiger partial charge in [-0.05, 0) is 54.3 Å². The Labute approximate surface area is 183 Å². The lowest BCUT2D eigenvalue weighted by molar-refractivity contribution is -0.137. The van der Waals surface area contributed by atoms with Gasteiger partial charge in [0.05, 0.1) is 24.5 Å². The van der Waals surface area contributed by atoms with Crippen LogP contribution in [0.3, 0.4) is 0 Å². The van der Waals surface area contributed by atoms with Crippen molar-refractivity contribution < 1.29 is 27.5 Å². The van der Waals surface area contributed by atoms with E-state index in [1.807, 2.05) is 13.0 Å². The average molecular weight is 445 g/mol. The number of benzene rings is 2. The van der Waals surface area contributed by atoms with E-state index in [9.17, 15) is 22.8 Å². The van der Waals surface area contributed by atoms with Crippen LogP contribution in [0.25, 0.3) is 5.57 Å². The molecule has 168 valence electrons. The normalized spacial score (nSPS) is 17.3. The molecule has 2 aliphatic rings. The Morgan fingerprint density at radius 3 is 2.84 bits per heavy atom. The minimum absolute atomic E-state index is 0.0525. The Bertz CT molecular complexity index is 1100. The number of hydrogen-bond acceptors (Lipinski definition) is 3. The van der Waals surface area contributed by atoms with Crippen LogP contribution in [-0.4, -0.2) is 25.1 Å². The van der Waals surface area contributed by atoms with E-state index in [1.165, 1.54) is 12.1 Å². The Hall–Kier alpha value is -3.33. The maximum Gasteiger partial charge on any atom is 0.416 e. The SMILES string of the molecule is CCN1C(=O)NCc2c(NC(=O)/C=C3\CCOCc4cc(C(F)(F)F)ccc43)cccc21. The number of anilines is 2. The molecule has 2 aromatic carbocycles. The molecule has 0 aliphatic carbocycles. The van der Waals surface area contributed by atoms with E-state index >= 15 is 0 Å². The van der Waals surface area contributed by atoms with Crippen LogP contribution in [0.1, 0.15) is 35.6 Å². The van der Waals surface area contributed by atoms with Gasteiger partial charge in [-0.3, -0.25) is 9.69 Å². The minimum atomic E-state index is -4.45. The van der Waals surface area contributed by atoms with Gasteiger partial charge >= 0.3 is 12.2 Å². The molecule has 6 nitrogen and oxygen atoms in total. The number of carbonyl (C=O) groups excluding carboxylic acids is 2. The fraction of sp³-hybridized carbons (Fsp3) is 0.304. The number of carbonyl (C=O) groups is 2. The summed E-state index contributed by atoms with van der Waals surface area (Å²) in [6.07, 6.45) is -2.64. The molecular formula is C23H22F3N3O3. The number of urea groups is 1. The zero-order valence-electron chi connectivity index (χ0n) is 17.4. The highest BCUT2D eigenvalue weighted by Gasteiger charge is 2.31. The van der Waals surface area contributed by atoms with Crippen molar-refractivity contribution in [3.63, 3.8) is 0 Å². The number of nitrogens with zero attached hydrogens (tertiary/aromatic N) is 1. The van der Waals surface area contributed by atoms with Crippen LogP contribution in [0.4, 0.5) is 29.3 Å². The fourth-order valence-electron chi connectivity index (χ4n) is 3.99. The van der Waals surface area contributed by atoms with E-state index in [4.69, 9.17) is 4.74 Å². The minimum Gasteiger partial charge on any atom is -0.376 e. The van der Waals surface area contributed by atoms with Crippen molar-refractivity contribution in [1.29, 1.82) is 0 Å². The van der Waals surface area contributed by atoms with Gasteiger partial charge in [-0.15, -0.1) is 0 Å². The van der Waals surface area contributed by atoms with Gasteiger partial charge in [0.1, 0.15) is 0 Å². The quantitative estimate of drug-likeness (QED) is 0.673. The molecule has 4 rings (SSSR count). The first-order valence-corrected chi connectivity index (χ1v) is 10.2. The summed E-state index contributed by atoms with van der Waals surface area (Å²) in [5.41, 5.74) is 2.93. The van der Waals surface area contributed by atoms with Crippen LogP contribution >= 0.6 is 0 Å². The first kappa shape index (κ1) is 21.9. The Morgan fingerprint density at radius 2 is 2.09 bits per heavy atom. The molecule has 0 aromatic heterocycles. The number of ether oxygens (including phenoxy) is 1. The number of alkyl halides is 3. The molecule has 0 saturated carbocycles. The highest BCUT2D eigenvalue weighted by Crippen LogP contribution is 2.35. The van der Waals surface area contributed by atoms with E-state index in [1.54, 1.807) is 17.0 Å². The van der Waals surface area contributed by atoms with Crippen LogP contribution in [0.2, 0.25) is 0 Å². The van der Waals surface area contributed by atoms with Crippen molar-refractivity contribution in [3.05, 3.63) is 64.7 Å². The third kappa shape index (κ3) is 4.34. The predicted molar refractivity (Wildman–Crippen MR) is 114 cm³/mol. The van der Waals surface area contributed by atoms with Crippen molar-refractivity contribution in [1.82, 2.24) is 5.32 Å². The molecule has 0 atom stereocenters. The van der Waals surface area contributed by atoms with E-state index in [-0.39, 0.29) is 19.2 Å². The van der Waals surface area contributed by atoms with Crippen LogP contribution in [0.15, 0.2) is 42.5 Å². The standard InChI is InChI=1S/C23H22F3N3O3/c1-2-29-20-5-3-4-19(18(20)12-27-22(29)31)28-21(30)11-14-8-9-32-13-15-10-16(23(24,25)26)6-7-17(14)15/h3-7,10-11H,2,8-9,12-13H2,1H3,(H,27,31)(H,28,30)/b14-11+. The molecule has 0 saturated heterocycles. The summed E-state index contributed by atoms with van der Waals surface area (Å²) in [4.78, 5) is 26.5. The first-order chi connectivity index (χ1) is 15.3. The fourth-order valence-corrected chi connectivity index (χ4v) is 3.99. The molecule has 2 heterocycles. The van der Waals surface area contributed by atoms with E-state index < -0.39 is 17.6 Å². The number of nitrogens with one attached hydrogen (secondary N) is 2. The molecule has 9 heteroatoms. The summed E-state index contributed by atoms with van der Waals surface area (Å²) in [7, 11) is 0. The predicted octanol–water partition coefficient (Wildman–Crippen LogP) is 4.70. The summed E-state index contributed by atoms with van der Waals surface area (Å²) in [5.74, 6) is -0.402. The first-order valence-electron chi connectivity index (χ1n) is 10.2. The molecular weight excluding hydrogens is 423 g/mol. The van der Waals surface area contributed by atoms with E-state index in [0.717, 1.165) is 23.4 Å². The zero-order chi connectivity index (χ0) is 22.9. The van der Waals surface area contributed by atoms with Crippen molar-refractivity contribution >= 4 is 28.9 Å². The van der Waals surface area contributed by atoms with E-state index in [0.29, 0.717) is 42.0 Å². The monoisotopic (exact) mass is 445 g/mol. The molecule has 0 unspecified atom stereocenters. The van der Waals surface area contributed by atoms with Crippen molar-refractivity contribution in [3.8, 4) is 0 Å². The lowest BCUT2D eigenvalue weighted by Gasteiger charge is -2.30. The topological polar surface area (TPSA) is 70.7 Å². The molecule has 0 spiro atoms. The average Bonchev–Trinajstić information content (AvgIpc) is 2.95. The second-order valence-corrected chi connectivity index (χ2v) is 7.54. The molecule has 32 heavy (non-hydrogen) atoms. The maximum atomic E-state index is 13.1. The van der Waals surface area contributed by atoms with Crippen LogP contribution in [0, 0.1) is 0 Å². The molecule has 0 bridgehead atoms. The molecule has 2 N–H and O–H groups in total. The largest absolute Gasteiger partial charge is 0.416 e. The summed E-state index contributed by atoms with van der Waals surface area (Å²) < 4.78 is 44.7. The number of rotatable bonds is 3. The second-order valence-electron chi connectivity index (χ2n) is 7.54. The van der Waals surface area contributed by atoms with Crippen LogP contribution in [-0.2, 0) is 28.9 Å². The van der Waals surface area contributed by atoms with Gasteiger partial charge in [0.25, 0.3) is 0 Å². The number of fused-ring (bicyclic) bond motifs is 2. The van der Waals surface area contributed by atoms with E-state index in [2.05, 4.69) is 10.6 Å². The van der Waals surface area contributed by atoms with Crippen LogP contribution in [0.5, 0.6) is 0 Å². The summed E-state index contributed by atoms with van der Waals surface area (Å²) in [5, 5.41) is 5.63. The highest BCUT2D eigenvalue weighted by molar-refractivity contribution is 6.06. The van der Waals surface area contributed by atoms with Gasteiger partial charge in [-0.1, -0.05) is 12.1 Å². The van der Waals surface area contributed by atoms with Crippen molar-refractivity contribution in [2.45, 2.75) is 32.7 Å². The van der Waals surface area contributed by atoms with Gasteiger partial charge in [0.2, 0.25) is 5.91 Å². The number of halogens is 3. The smallest absolute Gasteiger partial charge is 0.376 e. The Balaban J connectivity index is 1.62. The van der Waals surface area contributed by atoms with Crippen molar-refractivity contribution in [2.24, 2.45) is 0 Å². The van der Waals surface area contributed by atoms with Gasteiger partial charge in [0.15, 0.2) is 0 Å². The lowest BCUT2D eigenvalue weighted by Crippen LogP contribution is -2.44. The van der Waals surface area contributed by atoms with Gasteiger partial charge in [-0.2, -0.15) is 13.2 Å². The zero-order valence-corrected chi connectivity index (χ0v) is 17.4. The third-order valence-corrected chi connectivity index (χ3v) is 5.53. The van der Waals surface area contributed by atoms with Crippen LogP contribution < -0.4 is 15.5 Å². The molecule has 2 aromatic rings. The van der Waals surface area contributed by atoms with Gasteiger partial charge in [0, 0.05) is 30.4 Å². The highest BCUT2D eigenvalue weighted by atomic mass is 19.4. The molecule has 0 fully saturated rings. The third-order valence-electron chi connectivity index (χ3n) is 5.53. The molecule has 2 aliphatic heterocycles. The van der Waals surface area contributed by atoms with Gasteiger partial charge < -0.3 is 15.4 Å². The molecule has 0 radical (unpaired) electrons. The Morgan fingerprint density at radius 1 is 1.28 bits per heavy atom. The Kier molecular flexibility index (Phi) is 5.92. The summed E-state index contributed by atoms with van der Waals surface area (Å²) in [6, 6.07) is 8.62. The second kappa shape index (κ2) is 8.66. The summed E-state index contributed by atoms with van der Waals surface area (Å²) >= 11 is 0. The number of amides is 3. The molecule has 3 amide bonds.